The van der Waals surface area contributed by atoms with Gasteiger partial charge < -0.3 is 5.73 Å². The fraction of sp³-hybridized carbons (Fsp3) is 0.765. The quantitative estimate of drug-likeness (QED) is 0.896. The molecule has 1 aromatic rings. The molecule has 4 fully saturated rings. The first-order valence-corrected chi connectivity index (χ1v) is 8.12. The molecule has 0 atom stereocenters. The van der Waals surface area contributed by atoms with E-state index in [4.69, 9.17) is 5.73 Å². The summed E-state index contributed by atoms with van der Waals surface area (Å²) in [5, 5.41) is 0. The predicted molar refractivity (Wildman–Crippen MR) is 80.0 cm³/mol. The molecule has 1 aromatic heterocycles. The van der Waals surface area contributed by atoms with E-state index in [2.05, 4.69) is 23.8 Å². The van der Waals surface area contributed by atoms with Gasteiger partial charge in [-0.3, -0.25) is 0 Å². The molecular weight excluding hydrogens is 246 g/mol. The van der Waals surface area contributed by atoms with Gasteiger partial charge in [0.1, 0.15) is 5.82 Å². The van der Waals surface area contributed by atoms with Crippen LogP contribution < -0.4 is 5.73 Å². The van der Waals surface area contributed by atoms with Crippen LogP contribution >= 0.6 is 0 Å². The van der Waals surface area contributed by atoms with Gasteiger partial charge in [-0.2, -0.15) is 0 Å². The molecule has 3 nitrogen and oxygen atoms in total. The zero-order chi connectivity index (χ0) is 13.9. The van der Waals surface area contributed by atoms with E-state index in [1.165, 1.54) is 32.1 Å². The maximum atomic E-state index is 5.74. The normalized spacial score (nSPS) is 39.2. The van der Waals surface area contributed by atoms with Crippen LogP contribution in [0.5, 0.6) is 0 Å². The van der Waals surface area contributed by atoms with Crippen LogP contribution in [0.25, 0.3) is 0 Å². The number of rotatable bonds is 2. The molecule has 5 rings (SSSR count). The van der Waals surface area contributed by atoms with Crippen molar-refractivity contribution in [1.29, 1.82) is 0 Å². The van der Waals surface area contributed by atoms with Crippen molar-refractivity contribution >= 4 is 5.69 Å². The number of nitrogens with zero attached hydrogens (tertiary/aromatic N) is 2. The van der Waals surface area contributed by atoms with Crippen LogP contribution in [0.15, 0.2) is 12.4 Å². The predicted octanol–water partition coefficient (Wildman–Crippen LogP) is 3.41. The molecule has 3 heteroatoms. The number of anilines is 1. The number of hydrogen-bond donors (Lipinski definition) is 1. The van der Waals surface area contributed by atoms with E-state index in [-0.39, 0.29) is 5.41 Å². The Balaban J connectivity index is 1.67. The van der Waals surface area contributed by atoms with E-state index in [9.17, 15) is 0 Å². The molecule has 108 valence electrons. The van der Waals surface area contributed by atoms with Gasteiger partial charge in [-0.25, -0.2) is 9.97 Å². The van der Waals surface area contributed by atoms with Crippen LogP contribution in [0.1, 0.15) is 51.8 Å². The lowest BCUT2D eigenvalue weighted by molar-refractivity contribution is -0.0667. The Labute approximate surface area is 121 Å². The second kappa shape index (κ2) is 4.19. The number of nitrogens with two attached hydrogens (primary N) is 1. The van der Waals surface area contributed by atoms with Crippen molar-refractivity contribution in [3.8, 4) is 0 Å². The van der Waals surface area contributed by atoms with Crippen molar-refractivity contribution in [2.45, 2.75) is 51.4 Å². The van der Waals surface area contributed by atoms with Gasteiger partial charge in [0, 0.05) is 5.41 Å². The molecule has 2 N–H and O–H groups in total. The van der Waals surface area contributed by atoms with Gasteiger partial charge in [0.05, 0.1) is 18.1 Å². The van der Waals surface area contributed by atoms with E-state index in [1.807, 2.05) is 0 Å². The molecule has 4 saturated carbocycles. The molecular formula is C17H25N3. The third kappa shape index (κ3) is 1.78. The van der Waals surface area contributed by atoms with Crippen molar-refractivity contribution in [2.75, 3.05) is 5.73 Å². The molecule has 0 radical (unpaired) electrons. The Bertz CT molecular complexity index is 477. The first-order valence-electron chi connectivity index (χ1n) is 8.12. The highest BCUT2D eigenvalue weighted by molar-refractivity contribution is 5.31. The molecule has 20 heavy (non-hydrogen) atoms. The summed E-state index contributed by atoms with van der Waals surface area (Å²) in [5.74, 6) is 5.61. The largest absolute Gasteiger partial charge is 0.396 e. The van der Waals surface area contributed by atoms with Crippen molar-refractivity contribution in [3.63, 3.8) is 0 Å². The van der Waals surface area contributed by atoms with Gasteiger partial charge in [-0.1, -0.05) is 13.8 Å². The molecule has 0 saturated heterocycles. The molecule has 1 heterocycles. The number of hydrogen-bond acceptors (Lipinski definition) is 3. The van der Waals surface area contributed by atoms with Crippen LogP contribution in [-0.4, -0.2) is 9.97 Å². The highest BCUT2D eigenvalue weighted by atomic mass is 14.9. The van der Waals surface area contributed by atoms with E-state index < -0.39 is 0 Å². The lowest BCUT2D eigenvalue weighted by Crippen LogP contribution is -2.52. The van der Waals surface area contributed by atoms with E-state index in [0.29, 0.717) is 5.69 Å². The van der Waals surface area contributed by atoms with Crippen LogP contribution in [0.3, 0.4) is 0 Å². The van der Waals surface area contributed by atoms with E-state index >= 15 is 0 Å². The highest BCUT2D eigenvalue weighted by Gasteiger charge is 2.53. The second-order valence-electron chi connectivity index (χ2n) is 8.02. The minimum absolute atomic E-state index is 0.0797. The number of aromatic nitrogens is 2. The summed E-state index contributed by atoms with van der Waals surface area (Å²) in [7, 11) is 0. The van der Waals surface area contributed by atoms with Crippen molar-refractivity contribution < 1.29 is 0 Å². The molecule has 4 aliphatic carbocycles. The van der Waals surface area contributed by atoms with Gasteiger partial charge in [0.25, 0.3) is 0 Å². The third-order valence-electron chi connectivity index (χ3n) is 6.31. The van der Waals surface area contributed by atoms with E-state index in [1.54, 1.807) is 12.4 Å². The summed E-state index contributed by atoms with van der Waals surface area (Å²) in [4.78, 5) is 9.09. The second-order valence-corrected chi connectivity index (χ2v) is 8.02. The Hall–Kier alpha value is -1.12. The standard InChI is InChI=1S/C17H25N3/c1-17(2,16-19-8-14(18)9-20-16)15-12-4-10-3-11(6-12)7-13(15)5-10/h8-13,15H,3-7,18H2,1-2H3. The SMILES string of the molecule is CC(C)(c1ncc(N)cn1)C1C2CC3CC(C2)CC1C3. The molecule has 0 unspecified atom stereocenters. The zero-order valence-corrected chi connectivity index (χ0v) is 12.5. The van der Waals surface area contributed by atoms with Crippen LogP contribution in [0, 0.1) is 29.6 Å². The Morgan fingerprint density at radius 2 is 1.45 bits per heavy atom. The zero-order valence-electron chi connectivity index (χ0n) is 12.5. The van der Waals surface area contributed by atoms with Gasteiger partial charge in [-0.05, 0) is 61.7 Å². The highest BCUT2D eigenvalue weighted by Crippen LogP contribution is 2.60. The third-order valence-corrected chi connectivity index (χ3v) is 6.31. The maximum Gasteiger partial charge on any atom is 0.134 e. The summed E-state index contributed by atoms with van der Waals surface area (Å²) in [6.45, 7) is 4.71. The minimum Gasteiger partial charge on any atom is -0.396 e. The van der Waals surface area contributed by atoms with E-state index in [0.717, 1.165) is 35.4 Å². The van der Waals surface area contributed by atoms with Gasteiger partial charge in [0.15, 0.2) is 0 Å². The molecule has 0 amide bonds. The Kier molecular flexibility index (Phi) is 2.64. The monoisotopic (exact) mass is 271 g/mol. The fourth-order valence-electron chi connectivity index (χ4n) is 5.92. The van der Waals surface area contributed by atoms with Gasteiger partial charge in [-0.15, -0.1) is 0 Å². The lowest BCUT2D eigenvalue weighted by Gasteiger charge is -2.58. The first-order chi connectivity index (χ1) is 9.54. The number of nitrogen functional groups attached to an aromatic ring is 1. The van der Waals surface area contributed by atoms with Crippen LogP contribution in [0.4, 0.5) is 5.69 Å². The average Bonchev–Trinajstić information content (AvgIpc) is 2.37. The van der Waals surface area contributed by atoms with Crippen molar-refractivity contribution in [2.24, 2.45) is 29.6 Å². The molecule has 4 aliphatic rings. The molecule has 0 aliphatic heterocycles. The topological polar surface area (TPSA) is 51.8 Å². The molecule has 4 bridgehead atoms. The summed E-state index contributed by atoms with van der Waals surface area (Å²) in [6, 6.07) is 0. The summed E-state index contributed by atoms with van der Waals surface area (Å²) < 4.78 is 0. The van der Waals surface area contributed by atoms with Crippen molar-refractivity contribution in [1.82, 2.24) is 9.97 Å². The Morgan fingerprint density at radius 3 is 1.95 bits per heavy atom. The van der Waals surface area contributed by atoms with Crippen LogP contribution in [-0.2, 0) is 5.41 Å². The Morgan fingerprint density at radius 1 is 0.950 bits per heavy atom. The average molecular weight is 271 g/mol. The first kappa shape index (κ1) is 12.6. The fourth-order valence-corrected chi connectivity index (χ4v) is 5.92. The molecule has 0 aromatic carbocycles. The summed E-state index contributed by atoms with van der Waals surface area (Å²) in [6.07, 6.45) is 10.9. The van der Waals surface area contributed by atoms with Gasteiger partial charge >= 0.3 is 0 Å². The van der Waals surface area contributed by atoms with Gasteiger partial charge in [0.2, 0.25) is 0 Å². The minimum atomic E-state index is 0.0797. The lowest BCUT2D eigenvalue weighted by atomic mass is 9.47. The summed E-state index contributed by atoms with van der Waals surface area (Å²) in [5.41, 5.74) is 6.48. The summed E-state index contributed by atoms with van der Waals surface area (Å²) >= 11 is 0. The van der Waals surface area contributed by atoms with Crippen LogP contribution in [0.2, 0.25) is 0 Å². The maximum absolute atomic E-state index is 5.74. The van der Waals surface area contributed by atoms with Crippen molar-refractivity contribution in [3.05, 3.63) is 18.2 Å². The smallest absolute Gasteiger partial charge is 0.134 e. The molecule has 0 spiro atoms.